The van der Waals surface area contributed by atoms with Crippen molar-refractivity contribution in [2.45, 2.75) is 6.42 Å². The molecule has 0 spiro atoms. The van der Waals surface area contributed by atoms with Crippen LogP contribution in [0.1, 0.15) is 5.56 Å². The number of benzene rings is 3. The van der Waals surface area contributed by atoms with Crippen molar-refractivity contribution >= 4 is 22.7 Å². The highest BCUT2D eigenvalue weighted by Crippen LogP contribution is 2.32. The van der Waals surface area contributed by atoms with Crippen LogP contribution in [0.3, 0.4) is 0 Å². The van der Waals surface area contributed by atoms with E-state index in [1.54, 1.807) is 26.4 Å². The average molecular weight is 388 g/mol. The minimum atomic E-state index is -0.150. The molecule has 0 aliphatic rings. The van der Waals surface area contributed by atoms with Gasteiger partial charge in [-0.25, -0.2) is 4.98 Å². The summed E-state index contributed by atoms with van der Waals surface area (Å²) in [5, 5.41) is 2.92. The molecule has 1 N–H and O–H groups in total. The Labute approximate surface area is 168 Å². The van der Waals surface area contributed by atoms with Crippen LogP contribution in [-0.4, -0.2) is 25.1 Å². The number of aromatic nitrogens is 1. The van der Waals surface area contributed by atoms with E-state index in [1.807, 2.05) is 54.6 Å². The van der Waals surface area contributed by atoms with Crippen molar-refractivity contribution in [3.8, 4) is 23.0 Å². The molecule has 0 unspecified atom stereocenters. The molecular formula is C23H20N2O4. The molecule has 0 saturated heterocycles. The highest BCUT2D eigenvalue weighted by Gasteiger charge is 2.13. The van der Waals surface area contributed by atoms with Crippen molar-refractivity contribution < 1.29 is 18.7 Å². The predicted octanol–water partition coefficient (Wildman–Crippen LogP) is 4.69. The highest BCUT2D eigenvalue weighted by molar-refractivity contribution is 5.94. The Kier molecular flexibility index (Phi) is 5.16. The number of fused-ring (bicyclic) bond motifs is 1. The standard InChI is InChI=1S/C23H20N2O4/c1-27-17-10-7-15(8-11-17)13-22(26)24-19-14-16(9-12-20(19)28-2)23-25-18-5-3-4-6-21(18)29-23/h3-12,14H,13H2,1-2H3,(H,24,26). The van der Waals surface area contributed by atoms with E-state index in [1.165, 1.54) is 0 Å². The number of anilines is 1. The fourth-order valence-corrected chi connectivity index (χ4v) is 3.06. The number of nitrogens with zero attached hydrogens (tertiary/aromatic N) is 1. The van der Waals surface area contributed by atoms with E-state index in [2.05, 4.69) is 10.3 Å². The van der Waals surface area contributed by atoms with Crippen molar-refractivity contribution in [1.82, 2.24) is 4.98 Å². The summed E-state index contributed by atoms with van der Waals surface area (Å²) in [5.74, 6) is 1.65. The Balaban J connectivity index is 1.56. The highest BCUT2D eigenvalue weighted by atomic mass is 16.5. The topological polar surface area (TPSA) is 73.6 Å². The lowest BCUT2D eigenvalue weighted by molar-refractivity contribution is -0.115. The number of hydrogen-bond donors (Lipinski definition) is 1. The lowest BCUT2D eigenvalue weighted by Crippen LogP contribution is -2.15. The number of carbonyl (C=O) groups excluding carboxylic acids is 1. The fourth-order valence-electron chi connectivity index (χ4n) is 3.06. The number of amides is 1. The summed E-state index contributed by atoms with van der Waals surface area (Å²) in [6.45, 7) is 0. The van der Waals surface area contributed by atoms with Crippen LogP contribution in [0.25, 0.3) is 22.6 Å². The molecule has 6 heteroatoms. The summed E-state index contributed by atoms with van der Waals surface area (Å²) in [7, 11) is 3.17. The minimum absolute atomic E-state index is 0.150. The molecule has 4 aromatic rings. The number of methoxy groups -OCH3 is 2. The number of carbonyl (C=O) groups is 1. The van der Waals surface area contributed by atoms with Crippen LogP contribution in [0, 0.1) is 0 Å². The number of oxazole rings is 1. The Morgan fingerprint density at radius 1 is 1.00 bits per heavy atom. The SMILES string of the molecule is COc1ccc(CC(=O)Nc2cc(-c3nc4ccccc4o3)ccc2OC)cc1. The van der Waals surface area contributed by atoms with Gasteiger partial charge in [0.25, 0.3) is 0 Å². The van der Waals surface area contributed by atoms with Gasteiger partial charge in [0.1, 0.15) is 17.0 Å². The van der Waals surface area contributed by atoms with E-state index in [0.29, 0.717) is 22.9 Å². The van der Waals surface area contributed by atoms with Gasteiger partial charge < -0.3 is 19.2 Å². The first kappa shape index (κ1) is 18.6. The zero-order chi connectivity index (χ0) is 20.2. The van der Waals surface area contributed by atoms with Crippen molar-refractivity contribution in [3.05, 3.63) is 72.3 Å². The third-order valence-electron chi connectivity index (χ3n) is 4.54. The van der Waals surface area contributed by atoms with Crippen LogP contribution in [-0.2, 0) is 11.2 Å². The van der Waals surface area contributed by atoms with Crippen molar-refractivity contribution in [2.75, 3.05) is 19.5 Å². The normalized spacial score (nSPS) is 10.7. The van der Waals surface area contributed by atoms with Gasteiger partial charge in [0, 0.05) is 5.56 Å². The first-order valence-corrected chi connectivity index (χ1v) is 9.13. The summed E-state index contributed by atoms with van der Waals surface area (Å²) < 4.78 is 16.4. The summed E-state index contributed by atoms with van der Waals surface area (Å²) in [6, 6.07) is 20.4. The van der Waals surface area contributed by atoms with Gasteiger partial charge in [0.2, 0.25) is 11.8 Å². The molecule has 4 rings (SSSR count). The second-order valence-electron chi connectivity index (χ2n) is 6.47. The first-order chi connectivity index (χ1) is 14.2. The van der Waals surface area contributed by atoms with Gasteiger partial charge in [-0.1, -0.05) is 24.3 Å². The molecule has 0 fully saturated rings. The molecule has 1 amide bonds. The van der Waals surface area contributed by atoms with Crippen molar-refractivity contribution in [1.29, 1.82) is 0 Å². The molecule has 0 radical (unpaired) electrons. The largest absolute Gasteiger partial charge is 0.497 e. The predicted molar refractivity (Wildman–Crippen MR) is 111 cm³/mol. The van der Waals surface area contributed by atoms with Gasteiger partial charge in [0.05, 0.1) is 26.3 Å². The molecule has 0 atom stereocenters. The van der Waals surface area contributed by atoms with E-state index in [0.717, 1.165) is 22.4 Å². The van der Waals surface area contributed by atoms with E-state index >= 15 is 0 Å². The monoisotopic (exact) mass is 388 g/mol. The molecule has 146 valence electrons. The van der Waals surface area contributed by atoms with Crippen LogP contribution in [0.15, 0.2) is 71.1 Å². The van der Waals surface area contributed by atoms with Gasteiger partial charge in [-0.2, -0.15) is 0 Å². The van der Waals surface area contributed by atoms with Crippen molar-refractivity contribution in [2.24, 2.45) is 0 Å². The summed E-state index contributed by atoms with van der Waals surface area (Å²) in [4.78, 5) is 17.1. The fraction of sp³-hybridized carbons (Fsp3) is 0.130. The molecule has 3 aromatic carbocycles. The zero-order valence-electron chi connectivity index (χ0n) is 16.1. The molecule has 0 aliphatic heterocycles. The second-order valence-corrected chi connectivity index (χ2v) is 6.47. The number of para-hydroxylation sites is 2. The molecule has 29 heavy (non-hydrogen) atoms. The third-order valence-corrected chi connectivity index (χ3v) is 4.54. The van der Waals surface area contributed by atoms with Crippen LogP contribution in [0.2, 0.25) is 0 Å². The quantitative estimate of drug-likeness (QED) is 0.519. The molecule has 1 heterocycles. The number of ether oxygens (including phenoxy) is 2. The number of hydrogen-bond acceptors (Lipinski definition) is 5. The lowest BCUT2D eigenvalue weighted by Gasteiger charge is -2.11. The van der Waals surface area contributed by atoms with Crippen LogP contribution in [0.4, 0.5) is 5.69 Å². The summed E-state index contributed by atoms with van der Waals surface area (Å²) in [6.07, 6.45) is 0.236. The van der Waals surface area contributed by atoms with Crippen LogP contribution in [0.5, 0.6) is 11.5 Å². The molecule has 0 aliphatic carbocycles. The Morgan fingerprint density at radius 2 is 1.79 bits per heavy atom. The van der Waals surface area contributed by atoms with Gasteiger partial charge in [-0.3, -0.25) is 4.79 Å². The van der Waals surface area contributed by atoms with Crippen LogP contribution >= 0.6 is 0 Å². The first-order valence-electron chi connectivity index (χ1n) is 9.13. The molecule has 0 saturated carbocycles. The maximum Gasteiger partial charge on any atom is 0.228 e. The molecular weight excluding hydrogens is 368 g/mol. The van der Waals surface area contributed by atoms with Gasteiger partial charge in [-0.05, 0) is 48.0 Å². The minimum Gasteiger partial charge on any atom is -0.497 e. The number of rotatable bonds is 6. The number of nitrogens with one attached hydrogen (secondary N) is 1. The average Bonchev–Trinajstić information content (AvgIpc) is 3.18. The smallest absolute Gasteiger partial charge is 0.228 e. The van der Waals surface area contributed by atoms with E-state index < -0.39 is 0 Å². The molecule has 6 nitrogen and oxygen atoms in total. The second kappa shape index (κ2) is 8.06. The van der Waals surface area contributed by atoms with Gasteiger partial charge in [-0.15, -0.1) is 0 Å². The Hall–Kier alpha value is -3.80. The van der Waals surface area contributed by atoms with E-state index in [-0.39, 0.29) is 12.3 Å². The Bertz CT molecular complexity index is 1120. The summed E-state index contributed by atoms with van der Waals surface area (Å²) in [5.41, 5.74) is 3.69. The third kappa shape index (κ3) is 4.06. The van der Waals surface area contributed by atoms with E-state index in [4.69, 9.17) is 13.9 Å². The van der Waals surface area contributed by atoms with Crippen LogP contribution < -0.4 is 14.8 Å². The van der Waals surface area contributed by atoms with Gasteiger partial charge in [0.15, 0.2) is 5.58 Å². The van der Waals surface area contributed by atoms with E-state index in [9.17, 15) is 4.79 Å². The van der Waals surface area contributed by atoms with Crippen molar-refractivity contribution in [3.63, 3.8) is 0 Å². The Morgan fingerprint density at radius 3 is 2.52 bits per heavy atom. The zero-order valence-corrected chi connectivity index (χ0v) is 16.1. The molecule has 1 aromatic heterocycles. The molecule has 0 bridgehead atoms. The van der Waals surface area contributed by atoms with Gasteiger partial charge >= 0.3 is 0 Å². The maximum atomic E-state index is 12.6. The lowest BCUT2D eigenvalue weighted by atomic mass is 10.1. The maximum absolute atomic E-state index is 12.6. The summed E-state index contributed by atoms with van der Waals surface area (Å²) >= 11 is 0.